The molecule has 2 aromatic rings. The van der Waals surface area contributed by atoms with Gasteiger partial charge in [-0.15, -0.1) is 11.8 Å². The van der Waals surface area contributed by atoms with Gasteiger partial charge < -0.3 is 5.32 Å². The molecule has 21 heavy (non-hydrogen) atoms. The van der Waals surface area contributed by atoms with E-state index < -0.39 is 0 Å². The van der Waals surface area contributed by atoms with E-state index in [0.717, 1.165) is 17.3 Å². The SMILES string of the molecule is CCNc1nc(SCc2cc(C)cc(C)c2)c(Cl)cc1Cl. The number of hydrogen-bond donors (Lipinski definition) is 1. The standard InChI is InChI=1S/C16H18Cl2N2S/c1-4-19-15-13(17)8-14(18)16(20-15)21-9-12-6-10(2)5-11(3)7-12/h5-8H,4,9H2,1-3H3,(H,19,20). The average Bonchev–Trinajstić information content (AvgIpc) is 2.39. The van der Waals surface area contributed by atoms with Crippen LogP contribution < -0.4 is 5.32 Å². The van der Waals surface area contributed by atoms with Crippen molar-refractivity contribution < 1.29 is 0 Å². The Balaban J connectivity index is 2.17. The molecule has 0 bridgehead atoms. The van der Waals surface area contributed by atoms with Crippen LogP contribution in [0.5, 0.6) is 0 Å². The molecule has 0 atom stereocenters. The maximum Gasteiger partial charge on any atom is 0.146 e. The van der Waals surface area contributed by atoms with E-state index in [4.69, 9.17) is 23.2 Å². The zero-order valence-corrected chi connectivity index (χ0v) is 14.7. The molecule has 1 aromatic heterocycles. The number of nitrogens with zero attached hydrogens (tertiary/aromatic N) is 1. The first kappa shape index (κ1) is 16.5. The third kappa shape index (κ3) is 4.53. The highest BCUT2D eigenvalue weighted by Crippen LogP contribution is 2.33. The van der Waals surface area contributed by atoms with Gasteiger partial charge in [0.25, 0.3) is 0 Å². The minimum Gasteiger partial charge on any atom is -0.369 e. The summed E-state index contributed by atoms with van der Waals surface area (Å²) < 4.78 is 0. The Labute approximate surface area is 140 Å². The molecule has 0 fully saturated rings. The van der Waals surface area contributed by atoms with Crippen LogP contribution in [-0.2, 0) is 5.75 Å². The van der Waals surface area contributed by atoms with E-state index in [1.807, 2.05) is 6.92 Å². The van der Waals surface area contributed by atoms with Crippen LogP contribution in [0.3, 0.4) is 0 Å². The molecule has 1 heterocycles. The fourth-order valence-electron chi connectivity index (χ4n) is 2.15. The predicted molar refractivity (Wildman–Crippen MR) is 93.9 cm³/mol. The summed E-state index contributed by atoms with van der Waals surface area (Å²) >= 11 is 14.0. The number of thioether (sulfide) groups is 1. The average molecular weight is 341 g/mol. The highest BCUT2D eigenvalue weighted by Gasteiger charge is 2.10. The lowest BCUT2D eigenvalue weighted by molar-refractivity contribution is 1.08. The molecule has 0 saturated heterocycles. The van der Waals surface area contributed by atoms with Gasteiger partial charge >= 0.3 is 0 Å². The molecule has 1 aromatic carbocycles. The molecule has 0 saturated carbocycles. The van der Waals surface area contributed by atoms with E-state index in [9.17, 15) is 0 Å². The summed E-state index contributed by atoms with van der Waals surface area (Å²) in [6, 6.07) is 8.30. The van der Waals surface area contributed by atoms with Crippen molar-refractivity contribution in [1.82, 2.24) is 4.98 Å². The molecule has 0 radical (unpaired) electrons. The molecule has 5 heteroatoms. The van der Waals surface area contributed by atoms with Gasteiger partial charge in [0.2, 0.25) is 0 Å². The smallest absolute Gasteiger partial charge is 0.146 e. The maximum absolute atomic E-state index is 6.23. The second-order valence-corrected chi connectivity index (χ2v) is 6.70. The van der Waals surface area contributed by atoms with Crippen LogP contribution in [0.15, 0.2) is 29.3 Å². The fraction of sp³-hybridized carbons (Fsp3) is 0.312. The number of benzene rings is 1. The lowest BCUT2D eigenvalue weighted by Crippen LogP contribution is -2.01. The van der Waals surface area contributed by atoms with Crippen LogP contribution in [0, 0.1) is 13.8 Å². The lowest BCUT2D eigenvalue weighted by atomic mass is 10.1. The summed E-state index contributed by atoms with van der Waals surface area (Å²) in [6.45, 7) is 7.00. The zero-order chi connectivity index (χ0) is 15.4. The topological polar surface area (TPSA) is 24.9 Å². The Morgan fingerprint density at radius 2 is 1.71 bits per heavy atom. The van der Waals surface area contributed by atoms with Crippen molar-refractivity contribution in [3.8, 4) is 0 Å². The minimum atomic E-state index is 0.553. The number of halogens is 2. The van der Waals surface area contributed by atoms with E-state index >= 15 is 0 Å². The monoisotopic (exact) mass is 340 g/mol. The Bertz CT molecular complexity index is 624. The predicted octanol–water partition coefficient (Wildman–Crippen LogP) is 5.73. The molecule has 0 aliphatic heterocycles. The first-order chi connectivity index (χ1) is 9.99. The number of anilines is 1. The van der Waals surface area contributed by atoms with E-state index in [1.54, 1.807) is 17.8 Å². The minimum absolute atomic E-state index is 0.553. The van der Waals surface area contributed by atoms with Crippen LogP contribution in [0.25, 0.3) is 0 Å². The van der Waals surface area contributed by atoms with Gasteiger partial charge in [-0.25, -0.2) is 4.98 Å². The van der Waals surface area contributed by atoms with Gasteiger partial charge in [-0.1, -0.05) is 52.5 Å². The van der Waals surface area contributed by atoms with Crippen molar-refractivity contribution in [2.45, 2.75) is 31.6 Å². The van der Waals surface area contributed by atoms with Crippen LogP contribution in [0.4, 0.5) is 5.82 Å². The molecule has 1 N–H and O–H groups in total. The highest BCUT2D eigenvalue weighted by molar-refractivity contribution is 7.98. The summed E-state index contributed by atoms with van der Waals surface area (Å²) in [4.78, 5) is 4.51. The Hall–Kier alpha value is -0.900. The van der Waals surface area contributed by atoms with Gasteiger partial charge in [0.05, 0.1) is 10.0 Å². The number of pyridine rings is 1. The summed E-state index contributed by atoms with van der Waals surface area (Å²) in [6.07, 6.45) is 0. The van der Waals surface area contributed by atoms with Gasteiger partial charge in [0, 0.05) is 12.3 Å². The molecular formula is C16H18Cl2N2S. The van der Waals surface area contributed by atoms with E-state index in [-0.39, 0.29) is 0 Å². The third-order valence-corrected chi connectivity index (χ3v) is 4.65. The molecule has 0 amide bonds. The summed E-state index contributed by atoms with van der Waals surface area (Å²) in [5, 5.41) is 5.09. The molecule has 2 nitrogen and oxygen atoms in total. The summed E-state index contributed by atoms with van der Waals surface area (Å²) in [7, 11) is 0. The zero-order valence-electron chi connectivity index (χ0n) is 12.3. The Morgan fingerprint density at radius 3 is 2.33 bits per heavy atom. The van der Waals surface area contributed by atoms with Gasteiger partial charge in [-0.2, -0.15) is 0 Å². The molecule has 112 valence electrons. The van der Waals surface area contributed by atoms with Crippen molar-refractivity contribution in [3.05, 3.63) is 51.0 Å². The van der Waals surface area contributed by atoms with Gasteiger partial charge in [0.1, 0.15) is 10.8 Å². The largest absolute Gasteiger partial charge is 0.369 e. The van der Waals surface area contributed by atoms with E-state index in [0.29, 0.717) is 15.9 Å². The molecule has 0 spiro atoms. The second-order valence-electron chi connectivity index (χ2n) is 4.92. The molecular weight excluding hydrogens is 323 g/mol. The summed E-state index contributed by atoms with van der Waals surface area (Å²) in [5.74, 6) is 1.52. The van der Waals surface area contributed by atoms with Crippen molar-refractivity contribution in [2.24, 2.45) is 0 Å². The molecule has 0 unspecified atom stereocenters. The van der Waals surface area contributed by atoms with Crippen LogP contribution in [0.2, 0.25) is 10.0 Å². The van der Waals surface area contributed by atoms with Crippen LogP contribution in [-0.4, -0.2) is 11.5 Å². The summed E-state index contributed by atoms with van der Waals surface area (Å²) in [5.41, 5.74) is 3.82. The number of aryl methyl sites for hydroxylation is 2. The van der Waals surface area contributed by atoms with Gasteiger partial charge in [0.15, 0.2) is 0 Å². The van der Waals surface area contributed by atoms with E-state index in [1.165, 1.54) is 16.7 Å². The normalized spacial score (nSPS) is 10.7. The van der Waals surface area contributed by atoms with Crippen molar-refractivity contribution in [1.29, 1.82) is 0 Å². The number of nitrogens with one attached hydrogen (secondary N) is 1. The number of hydrogen-bond acceptors (Lipinski definition) is 3. The Morgan fingerprint density at radius 1 is 1.05 bits per heavy atom. The van der Waals surface area contributed by atoms with Crippen molar-refractivity contribution in [3.63, 3.8) is 0 Å². The van der Waals surface area contributed by atoms with Crippen molar-refractivity contribution in [2.75, 3.05) is 11.9 Å². The van der Waals surface area contributed by atoms with E-state index in [2.05, 4.69) is 42.3 Å². The van der Waals surface area contributed by atoms with Crippen LogP contribution >= 0.6 is 35.0 Å². The molecule has 0 aliphatic carbocycles. The first-order valence-corrected chi connectivity index (χ1v) is 8.53. The first-order valence-electron chi connectivity index (χ1n) is 6.79. The fourth-order valence-corrected chi connectivity index (χ4v) is 3.56. The van der Waals surface area contributed by atoms with Crippen molar-refractivity contribution >= 4 is 40.8 Å². The molecule has 0 aliphatic rings. The molecule has 2 rings (SSSR count). The lowest BCUT2D eigenvalue weighted by Gasteiger charge is -2.10. The second kappa shape index (κ2) is 7.39. The van der Waals surface area contributed by atoms with Gasteiger partial charge in [-0.05, 0) is 32.4 Å². The van der Waals surface area contributed by atoms with Gasteiger partial charge in [-0.3, -0.25) is 0 Å². The highest BCUT2D eigenvalue weighted by atomic mass is 35.5. The Kier molecular flexibility index (Phi) is 5.80. The number of aromatic nitrogens is 1. The maximum atomic E-state index is 6.23. The third-order valence-electron chi connectivity index (χ3n) is 2.90. The number of rotatable bonds is 5. The van der Waals surface area contributed by atoms with Crippen LogP contribution in [0.1, 0.15) is 23.6 Å². The quantitative estimate of drug-likeness (QED) is 0.703.